The molecule has 1 saturated heterocycles. The number of carbonyl (C=O) groups is 2. The maximum Gasteiger partial charge on any atom is 0.341 e. The van der Waals surface area contributed by atoms with Crippen molar-refractivity contribution < 1.29 is 26.9 Å². The number of hydrogen-bond donors (Lipinski definition) is 0. The zero-order valence-corrected chi connectivity index (χ0v) is 13.8. The third-order valence-corrected chi connectivity index (χ3v) is 5.34. The van der Waals surface area contributed by atoms with E-state index in [9.17, 15) is 18.0 Å². The summed E-state index contributed by atoms with van der Waals surface area (Å²) >= 11 is 0. The Bertz CT molecular complexity index is 700. The van der Waals surface area contributed by atoms with Gasteiger partial charge in [-0.15, -0.1) is 0 Å². The first-order valence-electron chi connectivity index (χ1n) is 7.21. The smallest absolute Gasteiger partial charge is 0.341 e. The molecular weight excluding hydrogens is 322 g/mol. The Morgan fingerprint density at radius 3 is 2.61 bits per heavy atom. The van der Waals surface area contributed by atoms with Gasteiger partial charge in [0.2, 0.25) is 5.91 Å². The molecule has 0 N–H and O–H groups in total. The number of amides is 1. The summed E-state index contributed by atoms with van der Waals surface area (Å²) < 4.78 is 34.7. The van der Waals surface area contributed by atoms with Crippen LogP contribution in [-0.2, 0) is 19.6 Å². The number of para-hydroxylation sites is 1. The molecule has 23 heavy (non-hydrogen) atoms. The van der Waals surface area contributed by atoms with E-state index >= 15 is 0 Å². The molecule has 126 valence electrons. The minimum atomic E-state index is -3.97. The molecule has 0 bridgehead atoms. The van der Waals surface area contributed by atoms with Crippen molar-refractivity contribution in [2.75, 3.05) is 20.2 Å². The van der Waals surface area contributed by atoms with Crippen LogP contribution in [0.3, 0.4) is 0 Å². The van der Waals surface area contributed by atoms with Crippen LogP contribution in [0.5, 0.6) is 5.75 Å². The monoisotopic (exact) mass is 341 g/mol. The molecule has 0 saturated carbocycles. The van der Waals surface area contributed by atoms with E-state index in [4.69, 9.17) is 4.18 Å². The Balaban J connectivity index is 2.22. The first kappa shape index (κ1) is 17.3. The Kier molecular flexibility index (Phi) is 5.25. The van der Waals surface area contributed by atoms with E-state index in [1.54, 1.807) is 12.1 Å². The number of likely N-dealkylation sites (tertiary alicyclic amines) is 1. The third-order valence-electron chi connectivity index (χ3n) is 3.73. The van der Waals surface area contributed by atoms with Crippen LogP contribution in [0.15, 0.2) is 24.3 Å². The van der Waals surface area contributed by atoms with Gasteiger partial charge < -0.3 is 13.8 Å². The van der Waals surface area contributed by atoms with E-state index in [0.717, 1.165) is 0 Å². The summed E-state index contributed by atoms with van der Waals surface area (Å²) in [5, 5.41) is -0.814. The third kappa shape index (κ3) is 4.01. The van der Waals surface area contributed by atoms with Crippen molar-refractivity contribution in [3.05, 3.63) is 29.8 Å². The summed E-state index contributed by atoms with van der Waals surface area (Å²) in [6.45, 7) is 2.04. The van der Waals surface area contributed by atoms with E-state index in [1.165, 1.54) is 31.1 Å². The number of nitrogens with zero attached hydrogens (tertiary/aromatic N) is 1. The maximum absolute atomic E-state index is 12.5. The van der Waals surface area contributed by atoms with Crippen molar-refractivity contribution in [1.82, 2.24) is 4.90 Å². The van der Waals surface area contributed by atoms with Gasteiger partial charge in [-0.3, -0.25) is 4.79 Å². The van der Waals surface area contributed by atoms with Crippen LogP contribution in [0.4, 0.5) is 0 Å². The standard InChI is InChI=1S/C15H19NO6S/c1-11(17)16-9-5-6-12(10-16)23(19,20)22-14-8-4-3-7-13(14)15(18)21-2/h3-4,7-8,12H,5-6,9-10H2,1-2H3. The molecule has 1 aliphatic heterocycles. The van der Waals surface area contributed by atoms with Crippen LogP contribution in [0.1, 0.15) is 30.1 Å². The fourth-order valence-corrected chi connectivity index (χ4v) is 3.82. The number of carbonyl (C=O) groups excluding carboxylic acids is 2. The molecule has 1 atom stereocenters. The predicted octanol–water partition coefficient (Wildman–Crippen LogP) is 1.19. The minimum Gasteiger partial charge on any atom is -0.465 e. The van der Waals surface area contributed by atoms with E-state index < -0.39 is 21.3 Å². The van der Waals surface area contributed by atoms with Gasteiger partial charge in [0.1, 0.15) is 10.8 Å². The highest BCUT2D eigenvalue weighted by Crippen LogP contribution is 2.25. The number of ether oxygens (including phenoxy) is 1. The van der Waals surface area contributed by atoms with Crippen LogP contribution in [0, 0.1) is 0 Å². The topological polar surface area (TPSA) is 90.0 Å². The van der Waals surface area contributed by atoms with E-state index in [-0.39, 0.29) is 23.8 Å². The van der Waals surface area contributed by atoms with Crippen LogP contribution >= 0.6 is 0 Å². The first-order valence-corrected chi connectivity index (χ1v) is 8.68. The molecule has 8 heteroatoms. The lowest BCUT2D eigenvalue weighted by Crippen LogP contribution is -2.45. The average molecular weight is 341 g/mol. The molecule has 0 spiro atoms. The second-order valence-electron chi connectivity index (χ2n) is 5.29. The summed E-state index contributed by atoms with van der Waals surface area (Å²) in [4.78, 5) is 24.6. The van der Waals surface area contributed by atoms with Crippen LogP contribution in [-0.4, -0.2) is 50.6 Å². The van der Waals surface area contributed by atoms with Crippen LogP contribution in [0.2, 0.25) is 0 Å². The second-order valence-corrected chi connectivity index (χ2v) is 7.11. The first-order chi connectivity index (χ1) is 10.8. The van der Waals surface area contributed by atoms with E-state index in [2.05, 4.69) is 4.74 Å². The molecule has 0 radical (unpaired) electrons. The van der Waals surface area contributed by atoms with Gasteiger partial charge in [-0.25, -0.2) is 4.79 Å². The Labute approximate surface area is 135 Å². The largest absolute Gasteiger partial charge is 0.465 e. The van der Waals surface area contributed by atoms with E-state index in [1.807, 2.05) is 0 Å². The number of rotatable bonds is 4. The molecule has 1 aromatic carbocycles. The summed E-state index contributed by atoms with van der Waals surface area (Å²) in [7, 11) is -2.76. The fourth-order valence-electron chi connectivity index (χ4n) is 2.47. The van der Waals surface area contributed by atoms with Crippen LogP contribution in [0.25, 0.3) is 0 Å². The Morgan fingerprint density at radius 2 is 1.96 bits per heavy atom. The lowest BCUT2D eigenvalue weighted by Gasteiger charge is -2.31. The highest BCUT2D eigenvalue weighted by Gasteiger charge is 2.34. The molecule has 1 amide bonds. The quantitative estimate of drug-likeness (QED) is 0.604. The molecule has 7 nitrogen and oxygen atoms in total. The van der Waals surface area contributed by atoms with Crippen molar-refractivity contribution in [2.24, 2.45) is 0 Å². The number of piperidine rings is 1. The van der Waals surface area contributed by atoms with Gasteiger partial charge in [-0.2, -0.15) is 8.42 Å². The van der Waals surface area contributed by atoms with E-state index in [0.29, 0.717) is 19.4 Å². The van der Waals surface area contributed by atoms with Crippen molar-refractivity contribution >= 4 is 22.0 Å². The molecule has 1 unspecified atom stereocenters. The second kappa shape index (κ2) is 6.99. The summed E-state index contributed by atoms with van der Waals surface area (Å²) in [5.41, 5.74) is 0.0396. The lowest BCUT2D eigenvalue weighted by atomic mass is 10.1. The number of esters is 1. The zero-order valence-electron chi connectivity index (χ0n) is 13.0. The molecular formula is C15H19NO6S. The average Bonchev–Trinajstić information content (AvgIpc) is 2.54. The van der Waals surface area contributed by atoms with Crippen LogP contribution < -0.4 is 4.18 Å². The maximum atomic E-state index is 12.5. The van der Waals surface area contributed by atoms with Crippen molar-refractivity contribution in [1.29, 1.82) is 0 Å². The molecule has 2 rings (SSSR count). The lowest BCUT2D eigenvalue weighted by molar-refractivity contribution is -0.129. The minimum absolute atomic E-state index is 0.0396. The van der Waals surface area contributed by atoms with Gasteiger partial charge in [0, 0.05) is 20.0 Å². The zero-order chi connectivity index (χ0) is 17.0. The van der Waals surface area contributed by atoms with Gasteiger partial charge in [0.05, 0.1) is 7.11 Å². The summed E-state index contributed by atoms with van der Waals surface area (Å²) in [6, 6.07) is 5.98. The normalized spacial score (nSPS) is 18.3. The predicted molar refractivity (Wildman–Crippen MR) is 82.6 cm³/mol. The van der Waals surface area contributed by atoms with Crippen molar-refractivity contribution in [3.63, 3.8) is 0 Å². The summed E-state index contributed by atoms with van der Waals surface area (Å²) in [5.74, 6) is -0.913. The molecule has 0 aromatic heterocycles. The van der Waals surface area contributed by atoms with Crippen molar-refractivity contribution in [3.8, 4) is 5.75 Å². The van der Waals surface area contributed by atoms with Gasteiger partial charge in [-0.05, 0) is 25.0 Å². The number of benzene rings is 1. The van der Waals surface area contributed by atoms with Gasteiger partial charge in [0.15, 0.2) is 5.75 Å². The summed E-state index contributed by atoms with van der Waals surface area (Å²) in [6.07, 6.45) is 0.998. The fraction of sp³-hybridized carbons (Fsp3) is 0.467. The highest BCUT2D eigenvalue weighted by molar-refractivity contribution is 7.87. The molecule has 1 fully saturated rings. The SMILES string of the molecule is COC(=O)c1ccccc1OS(=O)(=O)C1CCCN(C(C)=O)C1. The van der Waals surface area contributed by atoms with Gasteiger partial charge >= 0.3 is 16.1 Å². The van der Waals surface area contributed by atoms with Gasteiger partial charge in [0.25, 0.3) is 0 Å². The van der Waals surface area contributed by atoms with Crippen molar-refractivity contribution in [2.45, 2.75) is 25.0 Å². The highest BCUT2D eigenvalue weighted by atomic mass is 32.2. The Morgan fingerprint density at radius 1 is 1.26 bits per heavy atom. The number of hydrogen-bond acceptors (Lipinski definition) is 6. The number of methoxy groups -OCH3 is 1. The molecule has 1 aliphatic rings. The van der Waals surface area contributed by atoms with Gasteiger partial charge in [-0.1, -0.05) is 12.1 Å². The molecule has 0 aliphatic carbocycles. The Hall–Kier alpha value is -2.09. The molecule has 1 heterocycles. The molecule has 1 aromatic rings.